The highest BCUT2D eigenvalue weighted by Gasteiger charge is 2.21. The highest BCUT2D eigenvalue weighted by Crippen LogP contribution is 2.28. The number of benzene rings is 2. The molecule has 0 heterocycles. The third-order valence-corrected chi connectivity index (χ3v) is 3.30. The molecule has 0 amide bonds. The number of halogens is 2. The second kappa shape index (κ2) is 6.25. The Balaban J connectivity index is 2.10. The molecule has 0 bridgehead atoms. The van der Waals surface area contributed by atoms with Crippen LogP contribution in [0.2, 0.25) is 0 Å². The molecule has 0 aliphatic rings. The van der Waals surface area contributed by atoms with Crippen LogP contribution in [0.25, 0.3) is 0 Å². The van der Waals surface area contributed by atoms with Crippen LogP contribution in [0.15, 0.2) is 48.5 Å². The molecule has 4 heteroatoms. The Morgan fingerprint density at radius 2 is 1.55 bits per heavy atom. The lowest BCUT2D eigenvalue weighted by Crippen LogP contribution is -2.21. The Bertz CT molecular complexity index is 550. The van der Waals surface area contributed by atoms with Crippen molar-refractivity contribution in [3.05, 3.63) is 59.9 Å². The lowest BCUT2D eigenvalue weighted by molar-refractivity contribution is 0.0540. The van der Waals surface area contributed by atoms with Gasteiger partial charge in [-0.1, -0.05) is 12.1 Å². The Morgan fingerprint density at radius 1 is 1.05 bits per heavy atom. The van der Waals surface area contributed by atoms with Crippen molar-refractivity contribution >= 4 is 11.6 Å². The largest absolute Gasteiger partial charge is 0.457 e. The van der Waals surface area contributed by atoms with Gasteiger partial charge in [0.1, 0.15) is 17.3 Å². The molecule has 2 aromatic carbocycles. The minimum Gasteiger partial charge on any atom is -0.457 e. The number of rotatable bonds is 5. The Kier molecular flexibility index (Phi) is 4.63. The first kappa shape index (κ1) is 14.8. The normalized spacial score (nSPS) is 13.8. The van der Waals surface area contributed by atoms with Crippen molar-refractivity contribution < 1.29 is 14.2 Å². The Hall–Kier alpha value is -1.58. The van der Waals surface area contributed by atoms with Crippen molar-refractivity contribution in [1.82, 2.24) is 0 Å². The topological polar surface area (TPSA) is 29.5 Å². The molecule has 1 atom stereocenters. The fourth-order valence-corrected chi connectivity index (χ4v) is 2.22. The molecule has 106 valence electrons. The van der Waals surface area contributed by atoms with Crippen molar-refractivity contribution in [2.75, 3.05) is 5.88 Å². The molecule has 2 nitrogen and oxygen atoms in total. The molecule has 2 aromatic rings. The van der Waals surface area contributed by atoms with Gasteiger partial charge < -0.3 is 9.84 Å². The van der Waals surface area contributed by atoms with E-state index in [2.05, 4.69) is 0 Å². The van der Waals surface area contributed by atoms with Crippen LogP contribution < -0.4 is 4.74 Å². The van der Waals surface area contributed by atoms with Crippen LogP contribution in [0.5, 0.6) is 11.5 Å². The molecule has 2 rings (SSSR count). The lowest BCUT2D eigenvalue weighted by Gasteiger charge is -2.22. The van der Waals surface area contributed by atoms with E-state index >= 15 is 0 Å². The van der Waals surface area contributed by atoms with Crippen molar-refractivity contribution in [1.29, 1.82) is 0 Å². The van der Waals surface area contributed by atoms with Crippen LogP contribution in [0, 0.1) is 5.82 Å². The fraction of sp³-hybridized carbons (Fsp3) is 0.250. The van der Waals surface area contributed by atoms with Crippen molar-refractivity contribution in [2.45, 2.75) is 18.9 Å². The summed E-state index contributed by atoms with van der Waals surface area (Å²) < 4.78 is 18.4. The second-order valence-electron chi connectivity index (χ2n) is 4.79. The molecule has 1 N–H and O–H groups in total. The van der Waals surface area contributed by atoms with Gasteiger partial charge in [-0.15, -0.1) is 11.6 Å². The molecule has 0 aromatic heterocycles. The van der Waals surface area contributed by atoms with Crippen LogP contribution >= 0.6 is 11.6 Å². The zero-order chi connectivity index (χ0) is 14.6. The molecule has 0 aliphatic carbocycles. The summed E-state index contributed by atoms with van der Waals surface area (Å²) in [5.74, 6) is 1.28. The molecule has 20 heavy (non-hydrogen) atoms. The maximum absolute atomic E-state index is 12.8. The summed E-state index contributed by atoms with van der Waals surface area (Å²) in [7, 11) is 0. The number of alkyl halides is 1. The molecule has 0 aliphatic heterocycles. The zero-order valence-corrected chi connectivity index (χ0v) is 11.9. The highest BCUT2D eigenvalue weighted by atomic mass is 35.5. The van der Waals surface area contributed by atoms with E-state index in [1.165, 1.54) is 12.1 Å². The number of ether oxygens (including phenoxy) is 1. The average molecular weight is 295 g/mol. The molecular formula is C16H16ClFO2. The first-order valence-electron chi connectivity index (χ1n) is 6.33. The average Bonchev–Trinajstić information content (AvgIpc) is 2.42. The maximum atomic E-state index is 12.8. The standard InChI is InChI=1S/C16H16ClFO2/c1-16(19,10-11-17)12-2-6-14(7-3-12)20-15-8-4-13(18)5-9-15/h2-9,19H,10-11H2,1H3. The van der Waals surface area contributed by atoms with Crippen LogP contribution in [-0.4, -0.2) is 11.0 Å². The van der Waals surface area contributed by atoms with E-state index in [9.17, 15) is 9.50 Å². The number of aliphatic hydroxyl groups is 1. The SMILES string of the molecule is CC(O)(CCCl)c1ccc(Oc2ccc(F)cc2)cc1. The molecule has 0 spiro atoms. The van der Waals surface area contributed by atoms with E-state index in [4.69, 9.17) is 16.3 Å². The van der Waals surface area contributed by atoms with Gasteiger partial charge in [-0.2, -0.15) is 0 Å². The van der Waals surface area contributed by atoms with E-state index in [1.807, 2.05) is 0 Å². The summed E-state index contributed by atoms with van der Waals surface area (Å²) in [5.41, 5.74) is -0.166. The maximum Gasteiger partial charge on any atom is 0.127 e. The Labute approximate surface area is 122 Å². The van der Waals surface area contributed by atoms with Crippen LogP contribution in [0.4, 0.5) is 4.39 Å². The van der Waals surface area contributed by atoms with Crippen LogP contribution in [0.1, 0.15) is 18.9 Å². The molecule has 0 fully saturated rings. The minimum atomic E-state index is -0.948. The van der Waals surface area contributed by atoms with Crippen molar-refractivity contribution in [2.24, 2.45) is 0 Å². The molecule has 1 unspecified atom stereocenters. The van der Waals surface area contributed by atoms with Gasteiger partial charge >= 0.3 is 0 Å². The van der Waals surface area contributed by atoms with E-state index in [0.29, 0.717) is 23.8 Å². The van der Waals surface area contributed by atoms with E-state index < -0.39 is 5.60 Å². The number of hydrogen-bond donors (Lipinski definition) is 1. The summed E-state index contributed by atoms with van der Waals surface area (Å²) in [5, 5.41) is 10.2. The van der Waals surface area contributed by atoms with E-state index in [0.717, 1.165) is 5.56 Å². The van der Waals surface area contributed by atoms with Crippen molar-refractivity contribution in [3.63, 3.8) is 0 Å². The second-order valence-corrected chi connectivity index (χ2v) is 5.17. The van der Waals surface area contributed by atoms with Gasteiger partial charge in [0.05, 0.1) is 5.60 Å². The van der Waals surface area contributed by atoms with E-state index in [-0.39, 0.29) is 5.82 Å². The summed E-state index contributed by atoms with van der Waals surface area (Å²) in [6.07, 6.45) is 0.479. The predicted molar refractivity (Wildman–Crippen MR) is 77.8 cm³/mol. The third kappa shape index (κ3) is 3.71. The van der Waals surface area contributed by atoms with Gasteiger partial charge in [0.15, 0.2) is 0 Å². The quantitative estimate of drug-likeness (QED) is 0.825. The monoisotopic (exact) mass is 294 g/mol. The summed E-state index contributed by atoms with van der Waals surface area (Å²) >= 11 is 5.67. The minimum absolute atomic E-state index is 0.301. The van der Waals surface area contributed by atoms with Gasteiger partial charge in [0, 0.05) is 5.88 Å². The first-order valence-corrected chi connectivity index (χ1v) is 6.87. The molecule has 0 saturated carbocycles. The molecule has 0 saturated heterocycles. The summed E-state index contributed by atoms with van der Waals surface area (Å²) in [4.78, 5) is 0. The first-order chi connectivity index (χ1) is 9.51. The summed E-state index contributed by atoms with van der Waals surface area (Å²) in [6, 6.07) is 12.9. The van der Waals surface area contributed by atoms with Gasteiger partial charge in [-0.3, -0.25) is 0 Å². The van der Waals surface area contributed by atoms with Crippen LogP contribution in [-0.2, 0) is 5.60 Å². The fourth-order valence-electron chi connectivity index (χ4n) is 1.85. The van der Waals surface area contributed by atoms with E-state index in [1.54, 1.807) is 43.3 Å². The predicted octanol–water partition coefficient (Wildman–Crippen LogP) is 4.45. The molecule has 0 radical (unpaired) electrons. The lowest BCUT2D eigenvalue weighted by atomic mass is 9.93. The Morgan fingerprint density at radius 3 is 2.05 bits per heavy atom. The van der Waals surface area contributed by atoms with Crippen LogP contribution in [0.3, 0.4) is 0 Å². The van der Waals surface area contributed by atoms with Crippen molar-refractivity contribution in [3.8, 4) is 11.5 Å². The van der Waals surface area contributed by atoms with Gasteiger partial charge in [-0.25, -0.2) is 4.39 Å². The third-order valence-electron chi connectivity index (χ3n) is 3.11. The zero-order valence-electron chi connectivity index (χ0n) is 11.1. The molecular weight excluding hydrogens is 279 g/mol. The highest BCUT2D eigenvalue weighted by molar-refractivity contribution is 6.17. The summed E-state index contributed by atoms with van der Waals surface area (Å²) in [6.45, 7) is 1.73. The van der Waals surface area contributed by atoms with Gasteiger partial charge in [0.25, 0.3) is 0 Å². The smallest absolute Gasteiger partial charge is 0.127 e. The van der Waals surface area contributed by atoms with Gasteiger partial charge in [-0.05, 0) is 55.3 Å². The van der Waals surface area contributed by atoms with Gasteiger partial charge in [0.2, 0.25) is 0 Å². The number of hydrogen-bond acceptors (Lipinski definition) is 2.